The lowest BCUT2D eigenvalue weighted by Gasteiger charge is -2.37. The number of aliphatic hydroxyl groups excluding tert-OH is 1. The van der Waals surface area contributed by atoms with Crippen LogP contribution in [0.4, 0.5) is 0 Å². The highest BCUT2D eigenvalue weighted by Crippen LogP contribution is 2.44. The van der Waals surface area contributed by atoms with Gasteiger partial charge in [-0.1, -0.05) is 24.3 Å². The summed E-state index contributed by atoms with van der Waals surface area (Å²) in [6.45, 7) is 1.41. The molecule has 1 saturated heterocycles. The zero-order chi connectivity index (χ0) is 16.9. The van der Waals surface area contributed by atoms with E-state index >= 15 is 0 Å². The second-order valence-corrected chi connectivity index (χ2v) is 7.54. The van der Waals surface area contributed by atoms with Gasteiger partial charge in [-0.2, -0.15) is 0 Å². The number of benzene rings is 1. The van der Waals surface area contributed by atoms with Crippen molar-refractivity contribution in [1.29, 1.82) is 0 Å². The summed E-state index contributed by atoms with van der Waals surface area (Å²) < 4.78 is 13.8. The van der Waals surface area contributed by atoms with Crippen molar-refractivity contribution in [2.24, 2.45) is 5.92 Å². The minimum atomic E-state index is -0.353. The smallest absolute Gasteiger partial charge is 0.168 e. The maximum absolute atomic E-state index is 10.9. The summed E-state index contributed by atoms with van der Waals surface area (Å²) in [5.41, 5.74) is 3.70. The summed E-state index contributed by atoms with van der Waals surface area (Å²) in [6, 6.07) is 8.65. The lowest BCUT2D eigenvalue weighted by Crippen LogP contribution is -2.38. The summed E-state index contributed by atoms with van der Waals surface area (Å²) in [5.74, 6) is -0.0357. The largest absolute Gasteiger partial charge is 0.393 e. The van der Waals surface area contributed by atoms with E-state index < -0.39 is 0 Å². The van der Waals surface area contributed by atoms with Crippen molar-refractivity contribution in [2.45, 2.75) is 50.0 Å². The Balaban J connectivity index is 1.31. The normalized spacial score (nSPS) is 25.9. The minimum absolute atomic E-state index is 0.179. The summed E-state index contributed by atoms with van der Waals surface area (Å²) in [4.78, 5) is 4.31. The zero-order valence-electron chi connectivity index (χ0n) is 14.3. The quantitative estimate of drug-likeness (QED) is 0.933. The van der Waals surface area contributed by atoms with Gasteiger partial charge in [0.2, 0.25) is 0 Å². The Morgan fingerprint density at radius 1 is 1.20 bits per heavy atom. The fourth-order valence-electron chi connectivity index (χ4n) is 4.84. The van der Waals surface area contributed by atoms with E-state index in [-0.39, 0.29) is 17.9 Å². The number of nitrogens with zero attached hydrogens (tertiary/aromatic N) is 2. The average Bonchev–Trinajstić information content (AvgIpc) is 3.35. The van der Waals surface area contributed by atoms with E-state index in [0.717, 1.165) is 37.8 Å². The third kappa shape index (κ3) is 2.53. The molecule has 1 saturated carbocycles. The van der Waals surface area contributed by atoms with Gasteiger partial charge in [-0.15, -0.1) is 0 Å². The molecule has 1 aromatic carbocycles. The fourth-order valence-corrected chi connectivity index (χ4v) is 4.84. The summed E-state index contributed by atoms with van der Waals surface area (Å²) in [5, 5.41) is 10.9. The topological polar surface area (TPSA) is 56.5 Å². The van der Waals surface area contributed by atoms with E-state index in [1.807, 2.05) is 12.5 Å². The molecule has 0 radical (unpaired) electrons. The van der Waals surface area contributed by atoms with Crippen LogP contribution in [-0.2, 0) is 9.47 Å². The number of aliphatic hydroxyl groups is 1. The first kappa shape index (κ1) is 15.6. The molecule has 5 nitrogen and oxygen atoms in total. The zero-order valence-corrected chi connectivity index (χ0v) is 14.3. The van der Waals surface area contributed by atoms with Gasteiger partial charge in [0.1, 0.15) is 0 Å². The van der Waals surface area contributed by atoms with E-state index in [2.05, 4.69) is 33.8 Å². The molecule has 132 valence electrons. The van der Waals surface area contributed by atoms with Crippen LogP contribution in [0.5, 0.6) is 0 Å². The minimum Gasteiger partial charge on any atom is -0.393 e. The second-order valence-electron chi connectivity index (χ2n) is 7.54. The Bertz CT molecular complexity index is 756. The lowest BCUT2D eigenvalue weighted by atomic mass is 9.79. The Morgan fingerprint density at radius 2 is 1.96 bits per heavy atom. The molecule has 1 N–H and O–H groups in total. The monoisotopic (exact) mass is 340 g/mol. The SMILES string of the molecule is OC(CC1c2ccccc2-c2cncn21)C1CCC2(CC1)OCCO2. The van der Waals surface area contributed by atoms with Crippen LogP contribution in [0.3, 0.4) is 0 Å². The van der Waals surface area contributed by atoms with Gasteiger partial charge >= 0.3 is 0 Å². The van der Waals surface area contributed by atoms with Gasteiger partial charge in [0, 0.05) is 18.4 Å². The van der Waals surface area contributed by atoms with Crippen LogP contribution in [0.1, 0.15) is 43.7 Å². The predicted molar refractivity (Wildman–Crippen MR) is 93.0 cm³/mol. The number of rotatable bonds is 3. The van der Waals surface area contributed by atoms with Crippen LogP contribution in [0.2, 0.25) is 0 Å². The first-order valence-electron chi connectivity index (χ1n) is 9.33. The first-order valence-corrected chi connectivity index (χ1v) is 9.33. The van der Waals surface area contributed by atoms with Crippen molar-refractivity contribution in [3.05, 3.63) is 42.4 Å². The van der Waals surface area contributed by atoms with Crippen LogP contribution in [0.25, 0.3) is 11.3 Å². The van der Waals surface area contributed by atoms with Gasteiger partial charge < -0.3 is 19.1 Å². The highest BCUT2D eigenvalue weighted by Gasteiger charge is 2.42. The number of ether oxygens (including phenoxy) is 2. The molecule has 1 aromatic heterocycles. The van der Waals surface area contributed by atoms with E-state index in [4.69, 9.17) is 9.47 Å². The van der Waals surface area contributed by atoms with E-state index in [1.54, 1.807) is 0 Å². The van der Waals surface area contributed by atoms with E-state index in [1.165, 1.54) is 11.1 Å². The molecule has 2 aromatic rings. The molecule has 5 heteroatoms. The van der Waals surface area contributed by atoms with Gasteiger partial charge in [-0.05, 0) is 30.7 Å². The molecule has 2 unspecified atom stereocenters. The fraction of sp³-hybridized carbons (Fsp3) is 0.550. The van der Waals surface area contributed by atoms with Crippen LogP contribution in [0.15, 0.2) is 36.8 Å². The van der Waals surface area contributed by atoms with Crippen molar-refractivity contribution >= 4 is 0 Å². The van der Waals surface area contributed by atoms with Crippen molar-refractivity contribution in [3.8, 4) is 11.3 Å². The predicted octanol–water partition coefficient (Wildman–Crippen LogP) is 3.14. The number of fused-ring (bicyclic) bond motifs is 3. The van der Waals surface area contributed by atoms with Gasteiger partial charge in [0.25, 0.3) is 0 Å². The summed E-state index contributed by atoms with van der Waals surface area (Å²) in [7, 11) is 0. The van der Waals surface area contributed by atoms with Crippen LogP contribution in [0, 0.1) is 5.92 Å². The number of aromatic nitrogens is 2. The number of hydrogen-bond acceptors (Lipinski definition) is 4. The molecule has 2 atom stereocenters. The summed E-state index contributed by atoms with van der Waals surface area (Å²) >= 11 is 0. The van der Waals surface area contributed by atoms with Crippen LogP contribution in [-0.4, -0.2) is 39.8 Å². The standard InChI is InChI=1S/C20H24N2O3/c23-19(14-5-7-20(8-6-14)24-9-10-25-20)11-17-15-3-1-2-4-16(15)18-12-21-13-22(17)18/h1-4,12-14,17,19,23H,5-11H2. The Kier molecular flexibility index (Phi) is 3.69. The third-order valence-electron chi connectivity index (χ3n) is 6.21. The summed E-state index contributed by atoms with van der Waals surface area (Å²) in [6.07, 6.45) is 7.95. The van der Waals surface area contributed by atoms with Gasteiger partial charge in [0.15, 0.2) is 5.79 Å². The molecule has 25 heavy (non-hydrogen) atoms. The molecule has 0 amide bonds. The van der Waals surface area contributed by atoms with Crippen molar-refractivity contribution in [3.63, 3.8) is 0 Å². The van der Waals surface area contributed by atoms with Crippen molar-refractivity contribution in [2.75, 3.05) is 13.2 Å². The molecule has 3 heterocycles. The van der Waals surface area contributed by atoms with Gasteiger partial charge in [-0.3, -0.25) is 0 Å². The van der Waals surface area contributed by atoms with Crippen LogP contribution >= 0.6 is 0 Å². The van der Waals surface area contributed by atoms with E-state index in [9.17, 15) is 5.11 Å². The highest BCUT2D eigenvalue weighted by atomic mass is 16.7. The van der Waals surface area contributed by atoms with Crippen LogP contribution < -0.4 is 0 Å². The molecule has 3 aliphatic rings. The highest BCUT2D eigenvalue weighted by molar-refractivity contribution is 5.68. The van der Waals surface area contributed by atoms with E-state index in [0.29, 0.717) is 19.1 Å². The molecule has 2 fully saturated rings. The van der Waals surface area contributed by atoms with Gasteiger partial charge in [0.05, 0.1) is 43.6 Å². The number of hydrogen-bond donors (Lipinski definition) is 1. The molecule has 0 bridgehead atoms. The Labute approximate surface area is 147 Å². The molecule has 1 spiro atoms. The van der Waals surface area contributed by atoms with Crippen molar-refractivity contribution < 1.29 is 14.6 Å². The van der Waals surface area contributed by atoms with Crippen molar-refractivity contribution in [1.82, 2.24) is 9.55 Å². The molecule has 1 aliphatic carbocycles. The average molecular weight is 340 g/mol. The molecule has 5 rings (SSSR count). The first-order chi connectivity index (χ1) is 12.3. The molecule has 2 aliphatic heterocycles. The Morgan fingerprint density at radius 3 is 2.76 bits per heavy atom. The lowest BCUT2D eigenvalue weighted by molar-refractivity contribution is -0.187. The maximum atomic E-state index is 10.9. The molecular formula is C20H24N2O3. The van der Waals surface area contributed by atoms with Gasteiger partial charge in [-0.25, -0.2) is 4.98 Å². The third-order valence-corrected chi connectivity index (χ3v) is 6.21. The Hall–Kier alpha value is -1.69. The molecular weight excluding hydrogens is 316 g/mol. The maximum Gasteiger partial charge on any atom is 0.168 e. The number of imidazole rings is 1. The second kappa shape index (κ2) is 5.94.